The number of methoxy groups -OCH3 is 1. The monoisotopic (exact) mass is 361 g/mol. The summed E-state index contributed by atoms with van der Waals surface area (Å²) in [6.45, 7) is 1.95. The number of ether oxygens (including phenoxy) is 3. The van der Waals surface area contributed by atoms with Crippen molar-refractivity contribution in [2.45, 2.75) is 6.10 Å². The Bertz CT molecular complexity index is 702. The molecule has 0 aliphatic carbocycles. The van der Waals surface area contributed by atoms with Gasteiger partial charge in [-0.05, 0) is 48.5 Å². The molecule has 1 saturated heterocycles. The van der Waals surface area contributed by atoms with Crippen LogP contribution in [0.25, 0.3) is 0 Å². The molecule has 0 N–H and O–H groups in total. The second-order valence-corrected chi connectivity index (χ2v) is 6.17. The number of carbonyl (C=O) groups is 1. The van der Waals surface area contributed by atoms with E-state index in [2.05, 4.69) is 0 Å². The number of halogens is 1. The third kappa shape index (κ3) is 4.65. The molecule has 25 heavy (non-hydrogen) atoms. The predicted octanol–water partition coefficient (Wildman–Crippen LogP) is 3.27. The number of hydrogen-bond acceptors (Lipinski definition) is 4. The van der Waals surface area contributed by atoms with Gasteiger partial charge in [-0.1, -0.05) is 11.6 Å². The molecule has 3 rings (SSSR count). The molecule has 2 aromatic carbocycles. The molecule has 0 radical (unpaired) electrons. The Hall–Kier alpha value is -2.24. The summed E-state index contributed by atoms with van der Waals surface area (Å²) in [6, 6.07) is 14.3. The molecule has 2 aromatic rings. The topological polar surface area (TPSA) is 48.0 Å². The van der Waals surface area contributed by atoms with E-state index >= 15 is 0 Å². The van der Waals surface area contributed by atoms with E-state index in [0.717, 1.165) is 11.5 Å². The zero-order chi connectivity index (χ0) is 17.6. The summed E-state index contributed by atoms with van der Waals surface area (Å²) in [7, 11) is 1.62. The molecule has 1 unspecified atom stereocenters. The van der Waals surface area contributed by atoms with Crippen molar-refractivity contribution in [3.63, 3.8) is 0 Å². The van der Waals surface area contributed by atoms with Crippen molar-refractivity contribution < 1.29 is 19.0 Å². The fraction of sp³-hybridized carbons (Fsp3) is 0.316. The van der Waals surface area contributed by atoms with Gasteiger partial charge in [-0.2, -0.15) is 0 Å². The molecule has 5 nitrogen and oxygen atoms in total. The van der Waals surface area contributed by atoms with Crippen LogP contribution >= 0.6 is 11.6 Å². The maximum Gasteiger partial charge on any atom is 0.254 e. The minimum absolute atomic E-state index is 0.0191. The van der Waals surface area contributed by atoms with Crippen LogP contribution in [0.4, 0.5) is 0 Å². The summed E-state index contributed by atoms with van der Waals surface area (Å²) in [4.78, 5) is 14.4. The van der Waals surface area contributed by atoms with Crippen molar-refractivity contribution in [3.8, 4) is 11.5 Å². The van der Waals surface area contributed by atoms with Crippen LogP contribution in [-0.2, 0) is 4.74 Å². The minimum Gasteiger partial charge on any atom is -0.497 e. The number of morpholine rings is 1. The van der Waals surface area contributed by atoms with Crippen molar-refractivity contribution in [2.24, 2.45) is 0 Å². The first-order valence-electron chi connectivity index (χ1n) is 8.09. The van der Waals surface area contributed by atoms with Crippen LogP contribution in [0.2, 0.25) is 5.02 Å². The van der Waals surface area contributed by atoms with E-state index in [1.807, 2.05) is 24.3 Å². The second-order valence-electron chi connectivity index (χ2n) is 5.74. The first-order valence-corrected chi connectivity index (χ1v) is 8.47. The first-order chi connectivity index (χ1) is 12.2. The Labute approximate surface area is 152 Å². The van der Waals surface area contributed by atoms with Gasteiger partial charge in [0.2, 0.25) is 0 Å². The van der Waals surface area contributed by atoms with Crippen LogP contribution in [0.15, 0.2) is 48.5 Å². The van der Waals surface area contributed by atoms with Crippen LogP contribution in [0.1, 0.15) is 10.4 Å². The number of nitrogens with zero attached hydrogens (tertiary/aromatic N) is 1. The van der Waals surface area contributed by atoms with E-state index in [9.17, 15) is 4.79 Å². The maximum atomic E-state index is 12.6. The van der Waals surface area contributed by atoms with Gasteiger partial charge in [0.05, 0.1) is 20.3 Å². The average molecular weight is 362 g/mol. The summed E-state index contributed by atoms with van der Waals surface area (Å²) in [5, 5.41) is 0.615. The van der Waals surface area contributed by atoms with Gasteiger partial charge in [0, 0.05) is 17.1 Å². The predicted molar refractivity (Wildman–Crippen MR) is 95.6 cm³/mol. The molecule has 1 atom stereocenters. The van der Waals surface area contributed by atoms with Gasteiger partial charge < -0.3 is 19.1 Å². The van der Waals surface area contributed by atoms with Crippen molar-refractivity contribution in [1.29, 1.82) is 0 Å². The van der Waals surface area contributed by atoms with Crippen molar-refractivity contribution in [2.75, 3.05) is 33.4 Å². The highest BCUT2D eigenvalue weighted by Crippen LogP contribution is 2.18. The quantitative estimate of drug-likeness (QED) is 0.820. The summed E-state index contributed by atoms with van der Waals surface area (Å²) in [5.74, 6) is 1.50. The van der Waals surface area contributed by atoms with E-state index < -0.39 is 0 Å². The van der Waals surface area contributed by atoms with E-state index in [1.54, 1.807) is 36.3 Å². The molecule has 1 aliphatic heterocycles. The van der Waals surface area contributed by atoms with E-state index in [-0.39, 0.29) is 12.0 Å². The molecular formula is C19H20ClNO4. The smallest absolute Gasteiger partial charge is 0.254 e. The van der Waals surface area contributed by atoms with Crippen molar-refractivity contribution in [3.05, 3.63) is 59.1 Å². The molecule has 0 bridgehead atoms. The largest absolute Gasteiger partial charge is 0.497 e. The minimum atomic E-state index is -0.160. The molecule has 0 aromatic heterocycles. The van der Waals surface area contributed by atoms with Crippen LogP contribution in [0, 0.1) is 0 Å². The van der Waals surface area contributed by atoms with Gasteiger partial charge in [0.15, 0.2) is 0 Å². The fourth-order valence-corrected chi connectivity index (χ4v) is 2.77. The zero-order valence-electron chi connectivity index (χ0n) is 14.0. The highest BCUT2D eigenvalue weighted by molar-refractivity contribution is 6.30. The van der Waals surface area contributed by atoms with Gasteiger partial charge >= 0.3 is 0 Å². The third-order valence-corrected chi connectivity index (χ3v) is 4.26. The highest BCUT2D eigenvalue weighted by Gasteiger charge is 2.25. The lowest BCUT2D eigenvalue weighted by molar-refractivity contribution is -0.0401. The molecule has 6 heteroatoms. The Morgan fingerprint density at radius 1 is 1.16 bits per heavy atom. The molecule has 132 valence electrons. The van der Waals surface area contributed by atoms with Gasteiger partial charge in [-0.25, -0.2) is 0 Å². The van der Waals surface area contributed by atoms with Crippen LogP contribution in [-0.4, -0.2) is 50.3 Å². The summed E-state index contributed by atoms with van der Waals surface area (Å²) in [6.07, 6.45) is -0.160. The Morgan fingerprint density at radius 2 is 1.84 bits per heavy atom. The molecule has 1 amide bonds. The SMILES string of the molecule is COc1ccc(OCC2CN(C(=O)c3ccc(Cl)cc3)CCO2)cc1. The summed E-state index contributed by atoms with van der Waals surface area (Å²) >= 11 is 5.87. The molecule has 1 fully saturated rings. The number of amides is 1. The number of carbonyl (C=O) groups excluding carboxylic acids is 1. The van der Waals surface area contributed by atoms with Crippen molar-refractivity contribution >= 4 is 17.5 Å². The van der Waals surface area contributed by atoms with Gasteiger partial charge in [0.25, 0.3) is 5.91 Å². The third-order valence-electron chi connectivity index (χ3n) is 4.01. The van der Waals surface area contributed by atoms with E-state index in [0.29, 0.717) is 36.9 Å². The Kier molecular flexibility index (Phi) is 5.79. The maximum absolute atomic E-state index is 12.6. The normalized spacial score (nSPS) is 17.2. The molecule has 1 aliphatic rings. The van der Waals surface area contributed by atoms with Crippen molar-refractivity contribution in [1.82, 2.24) is 4.90 Å². The number of rotatable bonds is 5. The number of hydrogen-bond donors (Lipinski definition) is 0. The zero-order valence-corrected chi connectivity index (χ0v) is 14.7. The Balaban J connectivity index is 1.55. The van der Waals surface area contributed by atoms with E-state index in [4.69, 9.17) is 25.8 Å². The molecule has 0 saturated carbocycles. The first kappa shape index (κ1) is 17.6. The van der Waals surface area contributed by atoms with E-state index in [1.165, 1.54) is 0 Å². The standard InChI is InChI=1S/C19H20ClNO4/c1-23-16-6-8-17(9-7-16)25-13-18-12-21(10-11-24-18)19(22)14-2-4-15(20)5-3-14/h2-9,18H,10-13H2,1H3. The fourth-order valence-electron chi connectivity index (χ4n) is 2.64. The second kappa shape index (κ2) is 8.23. The lowest BCUT2D eigenvalue weighted by atomic mass is 10.1. The van der Waals surface area contributed by atoms with Gasteiger partial charge in [-0.15, -0.1) is 0 Å². The number of benzene rings is 2. The lowest BCUT2D eigenvalue weighted by Crippen LogP contribution is -2.47. The summed E-state index contributed by atoms with van der Waals surface area (Å²) in [5.41, 5.74) is 0.626. The van der Waals surface area contributed by atoms with Crippen LogP contribution in [0.5, 0.6) is 11.5 Å². The lowest BCUT2D eigenvalue weighted by Gasteiger charge is -2.33. The molecule has 1 heterocycles. The van der Waals surface area contributed by atoms with Gasteiger partial charge in [0.1, 0.15) is 24.2 Å². The molecular weight excluding hydrogens is 342 g/mol. The molecule has 0 spiro atoms. The van der Waals surface area contributed by atoms with Gasteiger partial charge in [-0.3, -0.25) is 4.79 Å². The summed E-state index contributed by atoms with van der Waals surface area (Å²) < 4.78 is 16.6. The highest BCUT2D eigenvalue weighted by atomic mass is 35.5. The van der Waals surface area contributed by atoms with Crippen LogP contribution in [0.3, 0.4) is 0 Å². The van der Waals surface area contributed by atoms with Crippen LogP contribution < -0.4 is 9.47 Å². The Morgan fingerprint density at radius 3 is 2.52 bits per heavy atom. The average Bonchev–Trinajstić information content (AvgIpc) is 2.67.